The van der Waals surface area contributed by atoms with Gasteiger partial charge in [-0.3, -0.25) is 0 Å². The van der Waals surface area contributed by atoms with Crippen LogP contribution in [0.2, 0.25) is 0 Å². The summed E-state index contributed by atoms with van der Waals surface area (Å²) in [7, 11) is 0. The van der Waals surface area contributed by atoms with Crippen LogP contribution >= 0.6 is 11.8 Å². The molecule has 90 valence electrons. The van der Waals surface area contributed by atoms with Crippen LogP contribution in [0.5, 0.6) is 0 Å². The molecule has 0 aliphatic rings. The number of benzene rings is 1. The number of rotatable bonds is 6. The van der Waals surface area contributed by atoms with Gasteiger partial charge < -0.3 is 5.73 Å². The van der Waals surface area contributed by atoms with Crippen molar-refractivity contribution in [1.82, 2.24) is 0 Å². The summed E-state index contributed by atoms with van der Waals surface area (Å²) < 4.78 is 26.0. The lowest BCUT2D eigenvalue weighted by molar-refractivity contribution is 0.565. The Hall–Kier alpha value is -0.610. The molecule has 0 saturated carbocycles. The monoisotopic (exact) mass is 245 g/mol. The van der Waals surface area contributed by atoms with E-state index in [2.05, 4.69) is 6.92 Å². The van der Waals surface area contributed by atoms with Gasteiger partial charge in [-0.1, -0.05) is 13.0 Å². The van der Waals surface area contributed by atoms with Gasteiger partial charge >= 0.3 is 0 Å². The molecule has 0 bridgehead atoms. The van der Waals surface area contributed by atoms with E-state index in [0.29, 0.717) is 12.0 Å². The van der Waals surface area contributed by atoms with Crippen LogP contribution in [0, 0.1) is 11.6 Å². The van der Waals surface area contributed by atoms with Crippen molar-refractivity contribution < 1.29 is 8.78 Å². The first kappa shape index (κ1) is 13.5. The maximum absolute atomic E-state index is 13.3. The summed E-state index contributed by atoms with van der Waals surface area (Å²) in [6.07, 6.45) is 1.57. The van der Waals surface area contributed by atoms with Gasteiger partial charge in [0.05, 0.1) is 0 Å². The Morgan fingerprint density at radius 2 is 2.12 bits per heavy atom. The molecule has 0 saturated heterocycles. The average Bonchev–Trinajstić information content (AvgIpc) is 2.23. The number of halogens is 2. The highest BCUT2D eigenvalue weighted by molar-refractivity contribution is 7.99. The quantitative estimate of drug-likeness (QED) is 0.780. The molecule has 4 heteroatoms. The molecule has 0 spiro atoms. The summed E-state index contributed by atoms with van der Waals surface area (Å²) >= 11 is 1.77. The third kappa shape index (κ3) is 4.49. The molecule has 0 fully saturated rings. The van der Waals surface area contributed by atoms with Crippen molar-refractivity contribution in [2.75, 3.05) is 11.5 Å². The van der Waals surface area contributed by atoms with Crippen LogP contribution in [0.3, 0.4) is 0 Å². The van der Waals surface area contributed by atoms with Crippen LogP contribution in [0.1, 0.15) is 18.9 Å². The Morgan fingerprint density at radius 1 is 1.38 bits per heavy atom. The van der Waals surface area contributed by atoms with Crippen molar-refractivity contribution in [2.24, 2.45) is 5.73 Å². The molecule has 0 aromatic heterocycles. The van der Waals surface area contributed by atoms with Gasteiger partial charge in [-0.15, -0.1) is 0 Å². The maximum Gasteiger partial charge on any atom is 0.129 e. The minimum atomic E-state index is -0.546. The van der Waals surface area contributed by atoms with Gasteiger partial charge in [0, 0.05) is 17.9 Å². The maximum atomic E-state index is 13.3. The molecule has 0 amide bonds. The van der Waals surface area contributed by atoms with Gasteiger partial charge in [0.1, 0.15) is 11.6 Å². The van der Waals surface area contributed by atoms with Crippen molar-refractivity contribution >= 4 is 11.8 Å². The molecule has 0 aliphatic carbocycles. The van der Waals surface area contributed by atoms with Gasteiger partial charge in [-0.05, 0) is 30.2 Å². The normalized spacial score (nSPS) is 12.8. The first-order valence-electron chi connectivity index (χ1n) is 5.40. The molecule has 16 heavy (non-hydrogen) atoms. The van der Waals surface area contributed by atoms with Crippen LogP contribution in [0.25, 0.3) is 0 Å². The van der Waals surface area contributed by atoms with E-state index in [4.69, 9.17) is 5.73 Å². The van der Waals surface area contributed by atoms with Gasteiger partial charge in [0.25, 0.3) is 0 Å². The Kier molecular flexibility index (Phi) is 5.77. The molecule has 1 rings (SSSR count). The average molecular weight is 245 g/mol. The Bertz CT molecular complexity index is 331. The summed E-state index contributed by atoms with van der Waals surface area (Å²) in [6, 6.07) is 3.57. The molecule has 0 heterocycles. The zero-order valence-electron chi connectivity index (χ0n) is 9.38. The van der Waals surface area contributed by atoms with Crippen LogP contribution in [0.4, 0.5) is 8.78 Å². The van der Waals surface area contributed by atoms with Crippen molar-refractivity contribution in [3.05, 3.63) is 35.4 Å². The first-order chi connectivity index (χ1) is 7.63. The molecule has 1 aromatic rings. The summed E-state index contributed by atoms with van der Waals surface area (Å²) in [5.74, 6) is 0.829. The minimum absolute atomic E-state index is 0.0727. The van der Waals surface area contributed by atoms with Gasteiger partial charge in [0.15, 0.2) is 0 Å². The lowest BCUT2D eigenvalue weighted by atomic mass is 10.1. The van der Waals surface area contributed by atoms with Crippen molar-refractivity contribution in [1.29, 1.82) is 0 Å². The second kappa shape index (κ2) is 6.86. The van der Waals surface area contributed by atoms with E-state index in [1.165, 1.54) is 12.1 Å². The fourth-order valence-corrected chi connectivity index (χ4v) is 2.28. The van der Waals surface area contributed by atoms with E-state index >= 15 is 0 Å². The highest BCUT2D eigenvalue weighted by Gasteiger charge is 2.09. The van der Waals surface area contributed by atoms with E-state index in [1.807, 2.05) is 0 Å². The summed E-state index contributed by atoms with van der Waals surface area (Å²) in [6.45, 7) is 2.11. The largest absolute Gasteiger partial charge is 0.327 e. The Labute approximate surface area is 99.4 Å². The standard InChI is InChI=1S/C12H17F2NS/c1-2-5-16-8-11(15)6-9-3-4-10(13)7-12(9)14/h3-4,7,11H,2,5-6,8,15H2,1H3. The zero-order valence-corrected chi connectivity index (χ0v) is 10.2. The Balaban J connectivity index is 2.46. The number of thioether (sulfide) groups is 1. The topological polar surface area (TPSA) is 26.0 Å². The second-order valence-electron chi connectivity index (χ2n) is 3.77. The Morgan fingerprint density at radius 3 is 2.75 bits per heavy atom. The summed E-state index contributed by atoms with van der Waals surface area (Å²) in [5, 5.41) is 0. The number of nitrogens with two attached hydrogens (primary N) is 1. The van der Waals surface area contributed by atoms with Crippen molar-refractivity contribution in [3.63, 3.8) is 0 Å². The predicted molar refractivity (Wildman–Crippen MR) is 65.7 cm³/mol. The predicted octanol–water partition coefficient (Wildman–Crippen LogP) is 2.98. The molecule has 1 aromatic carbocycles. The van der Waals surface area contributed by atoms with Crippen molar-refractivity contribution in [2.45, 2.75) is 25.8 Å². The van der Waals surface area contributed by atoms with E-state index in [0.717, 1.165) is 24.0 Å². The smallest absolute Gasteiger partial charge is 0.129 e. The molecule has 0 radical (unpaired) electrons. The molecule has 1 unspecified atom stereocenters. The third-order valence-corrected chi connectivity index (χ3v) is 3.54. The number of hydrogen-bond donors (Lipinski definition) is 1. The molecule has 1 atom stereocenters. The lowest BCUT2D eigenvalue weighted by Gasteiger charge is -2.11. The number of hydrogen-bond acceptors (Lipinski definition) is 2. The fraction of sp³-hybridized carbons (Fsp3) is 0.500. The summed E-state index contributed by atoms with van der Waals surface area (Å²) in [5.41, 5.74) is 6.36. The van der Waals surface area contributed by atoms with Gasteiger partial charge in [-0.2, -0.15) is 11.8 Å². The van der Waals surface area contributed by atoms with E-state index < -0.39 is 11.6 Å². The molecule has 2 N–H and O–H groups in total. The first-order valence-corrected chi connectivity index (χ1v) is 6.56. The fourth-order valence-electron chi connectivity index (χ4n) is 1.41. The van der Waals surface area contributed by atoms with Crippen LogP contribution < -0.4 is 5.73 Å². The van der Waals surface area contributed by atoms with Crippen molar-refractivity contribution in [3.8, 4) is 0 Å². The van der Waals surface area contributed by atoms with Crippen LogP contribution in [-0.4, -0.2) is 17.5 Å². The zero-order chi connectivity index (χ0) is 12.0. The summed E-state index contributed by atoms with van der Waals surface area (Å²) in [4.78, 5) is 0. The minimum Gasteiger partial charge on any atom is -0.327 e. The van der Waals surface area contributed by atoms with Gasteiger partial charge in [0.2, 0.25) is 0 Å². The van der Waals surface area contributed by atoms with Gasteiger partial charge in [-0.25, -0.2) is 8.78 Å². The second-order valence-corrected chi connectivity index (χ2v) is 4.92. The molecular formula is C12H17F2NS. The van der Waals surface area contributed by atoms with E-state index in [1.54, 1.807) is 11.8 Å². The van der Waals surface area contributed by atoms with Crippen LogP contribution in [0.15, 0.2) is 18.2 Å². The highest BCUT2D eigenvalue weighted by atomic mass is 32.2. The van der Waals surface area contributed by atoms with Crippen LogP contribution in [-0.2, 0) is 6.42 Å². The van der Waals surface area contributed by atoms with E-state index in [-0.39, 0.29) is 6.04 Å². The SMILES string of the molecule is CCCSCC(N)Cc1ccc(F)cc1F. The molecule has 0 aliphatic heterocycles. The molecule has 1 nitrogen and oxygen atoms in total. The lowest BCUT2D eigenvalue weighted by Crippen LogP contribution is -2.26. The van der Waals surface area contributed by atoms with E-state index in [9.17, 15) is 8.78 Å². The highest BCUT2D eigenvalue weighted by Crippen LogP contribution is 2.13. The third-order valence-electron chi connectivity index (χ3n) is 2.18. The molecular weight excluding hydrogens is 228 g/mol.